The molecule has 0 bridgehead atoms. The van der Waals surface area contributed by atoms with Crippen LogP contribution in [0.4, 0.5) is 5.69 Å². The molecule has 0 saturated carbocycles. The molecular weight excluding hydrogens is 366 g/mol. The summed E-state index contributed by atoms with van der Waals surface area (Å²) in [5.74, 6) is 1.04. The van der Waals surface area contributed by atoms with Crippen LogP contribution in [-0.4, -0.2) is 22.1 Å². The zero-order valence-electron chi connectivity index (χ0n) is 15.4. The van der Waals surface area contributed by atoms with Crippen molar-refractivity contribution in [3.05, 3.63) is 90.7 Å². The molecule has 2 heterocycles. The van der Waals surface area contributed by atoms with E-state index in [1.807, 2.05) is 0 Å². The molecule has 0 unspecified atom stereocenters. The second-order valence-corrected chi connectivity index (χ2v) is 5.86. The second-order valence-electron chi connectivity index (χ2n) is 5.86. The van der Waals surface area contributed by atoms with Gasteiger partial charge in [-0.2, -0.15) is 0 Å². The summed E-state index contributed by atoms with van der Waals surface area (Å²) in [7, 11) is 0. The Bertz CT molecular complexity index is 1040. The van der Waals surface area contributed by atoms with Crippen molar-refractivity contribution in [2.24, 2.45) is 5.73 Å². The van der Waals surface area contributed by atoms with Gasteiger partial charge in [0.1, 0.15) is 11.5 Å². The molecule has 1 aromatic carbocycles. The molecule has 1 amide bonds. The minimum Gasteiger partial charge on any atom is -0.457 e. The molecule has 7 heteroatoms. The summed E-state index contributed by atoms with van der Waals surface area (Å²) in [5, 5.41) is 10.2. The molecule has 0 saturated heterocycles. The maximum atomic E-state index is 12.2. The average molecular weight is 385 g/mol. The van der Waals surface area contributed by atoms with Gasteiger partial charge in [-0.05, 0) is 54.1 Å². The van der Waals surface area contributed by atoms with E-state index < -0.39 is 0 Å². The van der Waals surface area contributed by atoms with Crippen molar-refractivity contribution >= 4 is 29.5 Å². The number of amides is 1. The van der Waals surface area contributed by atoms with Gasteiger partial charge in [-0.25, -0.2) is 0 Å². The Hall–Kier alpha value is -4.26. The lowest BCUT2D eigenvalue weighted by Gasteiger charge is -2.07. The summed E-state index contributed by atoms with van der Waals surface area (Å²) < 4.78 is 5.69. The number of nitrogens with one attached hydrogen (secondary N) is 2. The van der Waals surface area contributed by atoms with Crippen molar-refractivity contribution in [3.8, 4) is 11.5 Å². The fraction of sp³-hybridized carbons (Fsp3) is 0. The van der Waals surface area contributed by atoms with E-state index in [1.54, 1.807) is 73.3 Å². The summed E-state index contributed by atoms with van der Waals surface area (Å²) in [6.45, 7) is 0. The molecule has 0 atom stereocenters. The van der Waals surface area contributed by atoms with Crippen LogP contribution in [-0.2, 0) is 4.79 Å². The van der Waals surface area contributed by atoms with Gasteiger partial charge in [-0.1, -0.05) is 0 Å². The average Bonchev–Trinajstić information content (AvgIpc) is 2.76. The number of nitrogens with two attached hydrogens (primary N) is 1. The van der Waals surface area contributed by atoms with Crippen LogP contribution in [0.15, 0.2) is 79.5 Å². The number of allylic oxidation sites excluding steroid dienone is 1. The smallest absolute Gasteiger partial charge is 0.248 e. The Morgan fingerprint density at radius 3 is 2.38 bits per heavy atom. The third-order valence-corrected chi connectivity index (χ3v) is 3.92. The Balaban J connectivity index is 1.65. The highest BCUT2D eigenvalue weighted by Gasteiger charge is 2.05. The van der Waals surface area contributed by atoms with E-state index in [9.17, 15) is 4.79 Å². The Labute approximate surface area is 168 Å². The van der Waals surface area contributed by atoms with Crippen LogP contribution in [0.5, 0.6) is 11.5 Å². The molecule has 2 aromatic heterocycles. The second kappa shape index (κ2) is 9.61. The van der Waals surface area contributed by atoms with Crippen molar-refractivity contribution in [1.29, 1.82) is 5.41 Å². The molecule has 0 aliphatic rings. The van der Waals surface area contributed by atoms with Gasteiger partial charge < -0.3 is 21.2 Å². The number of hydrogen-bond donors (Lipinski definition) is 3. The number of aromatic nitrogens is 2. The number of anilines is 1. The summed E-state index contributed by atoms with van der Waals surface area (Å²) in [4.78, 5) is 20.2. The molecule has 0 fully saturated rings. The zero-order valence-corrected chi connectivity index (χ0v) is 15.4. The molecule has 0 aliphatic heterocycles. The highest BCUT2D eigenvalue weighted by Crippen LogP contribution is 2.22. The number of hydrogen-bond acceptors (Lipinski definition) is 6. The van der Waals surface area contributed by atoms with E-state index in [4.69, 9.17) is 15.9 Å². The Kier molecular flexibility index (Phi) is 6.46. The van der Waals surface area contributed by atoms with Crippen molar-refractivity contribution in [1.82, 2.24) is 9.97 Å². The van der Waals surface area contributed by atoms with Crippen LogP contribution in [0.25, 0.3) is 11.6 Å². The van der Waals surface area contributed by atoms with Crippen LogP contribution in [0, 0.1) is 5.41 Å². The van der Waals surface area contributed by atoms with E-state index in [2.05, 4.69) is 15.3 Å². The Morgan fingerprint density at radius 2 is 1.69 bits per heavy atom. The summed E-state index contributed by atoms with van der Waals surface area (Å²) in [6.07, 6.45) is 12.0. The zero-order chi connectivity index (χ0) is 20.5. The molecule has 7 nitrogen and oxygen atoms in total. The number of carbonyl (C=O) groups excluding carboxylic acids is 1. The number of ether oxygens (including phenoxy) is 1. The van der Waals surface area contributed by atoms with Crippen molar-refractivity contribution in [2.75, 3.05) is 5.32 Å². The van der Waals surface area contributed by atoms with Crippen LogP contribution in [0.3, 0.4) is 0 Å². The fourth-order valence-electron chi connectivity index (χ4n) is 2.52. The largest absolute Gasteiger partial charge is 0.457 e. The highest BCUT2D eigenvalue weighted by molar-refractivity contribution is 6.10. The molecule has 4 N–H and O–H groups in total. The van der Waals surface area contributed by atoms with Gasteiger partial charge >= 0.3 is 0 Å². The molecule has 144 valence electrons. The van der Waals surface area contributed by atoms with E-state index in [0.717, 1.165) is 11.8 Å². The normalized spacial score (nSPS) is 11.2. The van der Waals surface area contributed by atoms with E-state index in [0.29, 0.717) is 28.3 Å². The minimum atomic E-state index is -0.296. The summed E-state index contributed by atoms with van der Waals surface area (Å²) >= 11 is 0. The predicted octanol–water partition coefficient (Wildman–Crippen LogP) is 3.87. The number of benzene rings is 1. The third kappa shape index (κ3) is 5.36. The number of carbonyl (C=O) groups is 1. The Morgan fingerprint density at radius 1 is 1.00 bits per heavy atom. The first-order chi connectivity index (χ1) is 14.2. The fourth-order valence-corrected chi connectivity index (χ4v) is 2.52. The highest BCUT2D eigenvalue weighted by atomic mass is 16.5. The molecule has 29 heavy (non-hydrogen) atoms. The van der Waals surface area contributed by atoms with Crippen LogP contribution in [0.2, 0.25) is 0 Å². The predicted molar refractivity (Wildman–Crippen MR) is 114 cm³/mol. The van der Waals surface area contributed by atoms with Crippen LogP contribution >= 0.6 is 0 Å². The first kappa shape index (κ1) is 19.5. The summed E-state index contributed by atoms with van der Waals surface area (Å²) in [6, 6.07) is 12.3. The quantitative estimate of drug-likeness (QED) is 0.422. The SMILES string of the molecule is N=CC(=CN)c1ccncc1/C=C/C(=O)Nc1ccc(Oc2ccncc2)cc1. The molecule has 0 spiro atoms. The van der Waals surface area contributed by atoms with Gasteiger partial charge in [-0.15, -0.1) is 0 Å². The standard InChI is InChI=1S/C22H19N5O2/c23-13-17(14-24)21-9-12-26-15-16(21)1-6-22(28)27-18-2-4-19(5-3-18)29-20-7-10-25-11-8-20/h1-15,23H,24H2,(H,27,28)/b6-1+,17-14?,23-13?. The van der Waals surface area contributed by atoms with Gasteiger partial charge in [0.15, 0.2) is 0 Å². The first-order valence-corrected chi connectivity index (χ1v) is 8.73. The van der Waals surface area contributed by atoms with Gasteiger partial charge in [0.05, 0.1) is 0 Å². The molecule has 3 aromatic rings. The first-order valence-electron chi connectivity index (χ1n) is 8.73. The maximum absolute atomic E-state index is 12.2. The third-order valence-electron chi connectivity index (χ3n) is 3.92. The molecule has 3 rings (SSSR count). The molecule has 0 radical (unpaired) electrons. The van der Waals surface area contributed by atoms with Crippen molar-refractivity contribution in [3.63, 3.8) is 0 Å². The van der Waals surface area contributed by atoms with Crippen molar-refractivity contribution < 1.29 is 9.53 Å². The van der Waals surface area contributed by atoms with Gasteiger partial charge in [0, 0.05) is 60.1 Å². The maximum Gasteiger partial charge on any atom is 0.248 e. The van der Waals surface area contributed by atoms with Crippen LogP contribution < -0.4 is 15.8 Å². The number of rotatable bonds is 7. The van der Waals surface area contributed by atoms with Crippen molar-refractivity contribution in [2.45, 2.75) is 0 Å². The minimum absolute atomic E-state index is 0.296. The summed E-state index contributed by atoms with van der Waals surface area (Å²) in [5.41, 5.74) is 8.13. The van der Waals surface area contributed by atoms with Gasteiger partial charge in [0.2, 0.25) is 5.91 Å². The van der Waals surface area contributed by atoms with Crippen LogP contribution in [0.1, 0.15) is 11.1 Å². The lowest BCUT2D eigenvalue weighted by molar-refractivity contribution is -0.111. The molecular formula is C22H19N5O2. The molecule has 0 aliphatic carbocycles. The van der Waals surface area contributed by atoms with E-state index >= 15 is 0 Å². The number of nitrogens with zero attached hydrogens (tertiary/aromatic N) is 2. The van der Waals surface area contributed by atoms with E-state index in [1.165, 1.54) is 12.3 Å². The number of pyridine rings is 2. The topological polar surface area (TPSA) is 114 Å². The lowest BCUT2D eigenvalue weighted by atomic mass is 10.0. The lowest BCUT2D eigenvalue weighted by Crippen LogP contribution is -2.07. The monoisotopic (exact) mass is 385 g/mol. The van der Waals surface area contributed by atoms with Gasteiger partial charge in [0.25, 0.3) is 0 Å². The van der Waals surface area contributed by atoms with Gasteiger partial charge in [-0.3, -0.25) is 14.8 Å². The van der Waals surface area contributed by atoms with E-state index in [-0.39, 0.29) is 5.91 Å².